The van der Waals surface area contributed by atoms with E-state index in [2.05, 4.69) is 49.8 Å². The van der Waals surface area contributed by atoms with Gasteiger partial charge in [-0.3, -0.25) is 14.6 Å². The van der Waals surface area contributed by atoms with E-state index >= 15 is 0 Å². The minimum atomic E-state index is 0.305. The molecule has 1 aromatic heterocycles. The highest BCUT2D eigenvalue weighted by Gasteiger charge is 2.35. The van der Waals surface area contributed by atoms with Gasteiger partial charge in [-0.1, -0.05) is 31.5 Å². The van der Waals surface area contributed by atoms with Crippen LogP contribution in [0.1, 0.15) is 43.7 Å². The summed E-state index contributed by atoms with van der Waals surface area (Å²) in [6, 6.07) is 7.91. The number of aromatic nitrogens is 2. The molecule has 3 aliphatic rings. The predicted octanol–water partition coefficient (Wildman–Crippen LogP) is 2.98. The number of carbonyl (C=O) groups excluding carboxylic acids is 1. The van der Waals surface area contributed by atoms with Crippen LogP contribution in [0.2, 0.25) is 0 Å². The Morgan fingerprint density at radius 1 is 1.06 bits per heavy atom. The Hall–Kier alpha value is -2.31. The summed E-state index contributed by atoms with van der Waals surface area (Å²) in [4.78, 5) is 28.5. The van der Waals surface area contributed by atoms with Gasteiger partial charge in [0.15, 0.2) is 0 Å². The molecule has 0 N–H and O–H groups in total. The molecule has 2 aromatic rings. The van der Waals surface area contributed by atoms with E-state index in [0.717, 1.165) is 50.7 Å². The Morgan fingerprint density at radius 2 is 1.94 bits per heavy atom. The van der Waals surface area contributed by atoms with E-state index in [1.807, 2.05) is 12.4 Å². The van der Waals surface area contributed by atoms with Gasteiger partial charge < -0.3 is 4.90 Å². The third-order valence-electron chi connectivity index (χ3n) is 7.45. The molecule has 5 rings (SSSR count). The molecule has 0 spiro atoms. The topological polar surface area (TPSA) is 52.6 Å². The second kappa shape index (κ2) is 9.05. The minimum absolute atomic E-state index is 0.305. The molecule has 3 aliphatic heterocycles. The van der Waals surface area contributed by atoms with E-state index in [1.54, 1.807) is 6.33 Å². The van der Waals surface area contributed by atoms with Crippen molar-refractivity contribution in [2.75, 3.05) is 32.7 Å². The summed E-state index contributed by atoms with van der Waals surface area (Å²) in [6.45, 7) is 7.49. The molecule has 2 atom stereocenters. The molecule has 1 aromatic carbocycles. The maximum Gasteiger partial charge on any atom is 0.236 e. The molecule has 4 heterocycles. The first-order valence-electron chi connectivity index (χ1n) is 11.8. The second-order valence-electron chi connectivity index (χ2n) is 9.30. The fourth-order valence-electron chi connectivity index (χ4n) is 5.69. The molecule has 31 heavy (non-hydrogen) atoms. The molecule has 1 amide bonds. The lowest BCUT2D eigenvalue weighted by molar-refractivity contribution is -0.137. The van der Waals surface area contributed by atoms with Crippen LogP contribution in [0.3, 0.4) is 0 Å². The Bertz CT molecular complexity index is 917. The normalized spacial score (nSPS) is 24.5. The van der Waals surface area contributed by atoms with E-state index in [1.165, 1.54) is 42.4 Å². The van der Waals surface area contributed by atoms with Gasteiger partial charge in [-0.2, -0.15) is 0 Å². The van der Waals surface area contributed by atoms with Crippen LogP contribution in [0.5, 0.6) is 0 Å². The number of fused-ring (bicyclic) bond motifs is 2. The van der Waals surface area contributed by atoms with Gasteiger partial charge in [-0.05, 0) is 42.4 Å². The summed E-state index contributed by atoms with van der Waals surface area (Å²) in [5, 5.41) is 0. The number of piperazine rings is 1. The highest BCUT2D eigenvalue weighted by molar-refractivity contribution is 5.78. The lowest BCUT2D eigenvalue weighted by Gasteiger charge is -2.48. The molecule has 2 unspecified atom stereocenters. The van der Waals surface area contributed by atoms with Gasteiger partial charge >= 0.3 is 0 Å². The Balaban J connectivity index is 1.19. The van der Waals surface area contributed by atoms with E-state index in [0.29, 0.717) is 18.5 Å². The summed E-state index contributed by atoms with van der Waals surface area (Å²) in [5.41, 5.74) is 4.93. The molecular weight excluding hydrogens is 386 g/mol. The van der Waals surface area contributed by atoms with Gasteiger partial charge in [-0.15, -0.1) is 0 Å². The van der Waals surface area contributed by atoms with Crippen LogP contribution in [0.4, 0.5) is 0 Å². The fourth-order valence-corrected chi connectivity index (χ4v) is 5.69. The van der Waals surface area contributed by atoms with Crippen molar-refractivity contribution in [2.24, 2.45) is 0 Å². The van der Waals surface area contributed by atoms with Crippen molar-refractivity contribution in [2.45, 2.75) is 57.7 Å². The number of hydrogen-bond donors (Lipinski definition) is 0. The average Bonchev–Trinajstić information content (AvgIpc) is 2.83. The number of hydrogen-bond acceptors (Lipinski definition) is 5. The van der Waals surface area contributed by atoms with E-state index in [4.69, 9.17) is 0 Å². The van der Waals surface area contributed by atoms with Crippen molar-refractivity contribution in [3.63, 3.8) is 0 Å². The van der Waals surface area contributed by atoms with Crippen molar-refractivity contribution in [1.82, 2.24) is 24.7 Å². The molecular formula is C25H33N5O. The van der Waals surface area contributed by atoms with Gasteiger partial charge in [0, 0.05) is 62.8 Å². The lowest BCUT2D eigenvalue weighted by atomic mass is 9.92. The van der Waals surface area contributed by atoms with Crippen LogP contribution in [0, 0.1) is 0 Å². The fraction of sp³-hybridized carbons (Fsp3) is 0.560. The van der Waals surface area contributed by atoms with Crippen molar-refractivity contribution >= 4 is 5.91 Å². The number of piperidine rings is 1. The largest absolute Gasteiger partial charge is 0.339 e. The number of amides is 1. The summed E-state index contributed by atoms with van der Waals surface area (Å²) in [7, 11) is 0. The molecule has 0 aliphatic carbocycles. The monoisotopic (exact) mass is 419 g/mol. The molecule has 6 heteroatoms. The maximum atomic E-state index is 13.1. The van der Waals surface area contributed by atoms with Gasteiger partial charge in [0.05, 0.1) is 6.54 Å². The Kier molecular flexibility index (Phi) is 6.01. The van der Waals surface area contributed by atoms with Crippen LogP contribution in [0.25, 0.3) is 11.1 Å². The number of carbonyl (C=O) groups is 1. The molecule has 2 saturated heterocycles. The second-order valence-corrected chi connectivity index (χ2v) is 9.30. The quantitative estimate of drug-likeness (QED) is 0.763. The van der Waals surface area contributed by atoms with Crippen molar-refractivity contribution in [3.05, 3.63) is 48.0 Å². The van der Waals surface area contributed by atoms with E-state index in [9.17, 15) is 4.79 Å². The summed E-state index contributed by atoms with van der Waals surface area (Å²) in [5.74, 6) is 0.305. The van der Waals surface area contributed by atoms with Gasteiger partial charge in [0.1, 0.15) is 6.33 Å². The SMILES string of the molecule is CCC1CCCC2CN(C(=O)CN3CCc4cc(-c5cncnc5)ccc4C3)CCN12. The standard InChI is InChI=1S/C25H33N5O/c1-2-23-4-3-5-24-16-29(10-11-30(23)24)25(31)17-28-9-8-20-12-19(6-7-21(20)15-28)22-13-26-18-27-14-22/h6-7,12-14,18,23-24H,2-5,8-11,15-17H2,1H3. The smallest absolute Gasteiger partial charge is 0.236 e. The van der Waals surface area contributed by atoms with Crippen LogP contribution >= 0.6 is 0 Å². The average molecular weight is 420 g/mol. The summed E-state index contributed by atoms with van der Waals surface area (Å²) < 4.78 is 0. The highest BCUT2D eigenvalue weighted by atomic mass is 16.2. The predicted molar refractivity (Wildman–Crippen MR) is 121 cm³/mol. The van der Waals surface area contributed by atoms with Crippen LogP contribution < -0.4 is 0 Å². The molecule has 0 bridgehead atoms. The van der Waals surface area contributed by atoms with Gasteiger partial charge in [0.2, 0.25) is 5.91 Å². The van der Waals surface area contributed by atoms with Crippen LogP contribution in [-0.2, 0) is 17.8 Å². The van der Waals surface area contributed by atoms with Crippen molar-refractivity contribution in [1.29, 1.82) is 0 Å². The first-order valence-corrected chi connectivity index (χ1v) is 11.8. The Labute approximate surface area is 185 Å². The minimum Gasteiger partial charge on any atom is -0.339 e. The van der Waals surface area contributed by atoms with E-state index < -0.39 is 0 Å². The van der Waals surface area contributed by atoms with Crippen LogP contribution in [-0.4, -0.2) is 75.4 Å². The molecule has 0 radical (unpaired) electrons. The zero-order valence-corrected chi connectivity index (χ0v) is 18.5. The van der Waals surface area contributed by atoms with Crippen LogP contribution in [0.15, 0.2) is 36.9 Å². The van der Waals surface area contributed by atoms with Gasteiger partial charge in [0.25, 0.3) is 0 Å². The lowest BCUT2D eigenvalue weighted by Crippen LogP contribution is -2.60. The van der Waals surface area contributed by atoms with E-state index in [-0.39, 0.29) is 0 Å². The van der Waals surface area contributed by atoms with Crippen molar-refractivity contribution in [3.8, 4) is 11.1 Å². The first kappa shape index (κ1) is 20.6. The molecule has 6 nitrogen and oxygen atoms in total. The maximum absolute atomic E-state index is 13.1. The number of nitrogens with zero attached hydrogens (tertiary/aromatic N) is 5. The highest BCUT2D eigenvalue weighted by Crippen LogP contribution is 2.29. The Morgan fingerprint density at radius 3 is 2.77 bits per heavy atom. The molecule has 164 valence electrons. The van der Waals surface area contributed by atoms with Gasteiger partial charge in [-0.25, -0.2) is 9.97 Å². The molecule has 0 saturated carbocycles. The number of rotatable bonds is 4. The zero-order chi connectivity index (χ0) is 21.2. The number of benzene rings is 1. The first-order chi connectivity index (χ1) is 15.2. The third-order valence-corrected chi connectivity index (χ3v) is 7.45. The molecule has 2 fully saturated rings. The zero-order valence-electron chi connectivity index (χ0n) is 18.5. The summed E-state index contributed by atoms with van der Waals surface area (Å²) >= 11 is 0. The third kappa shape index (κ3) is 4.37. The van der Waals surface area contributed by atoms with Crippen molar-refractivity contribution < 1.29 is 4.79 Å². The summed E-state index contributed by atoms with van der Waals surface area (Å²) in [6.07, 6.45) is 11.4.